The molecule has 2 heterocycles. The second-order valence-electron chi connectivity index (χ2n) is 9.41. The van der Waals surface area contributed by atoms with Gasteiger partial charge in [0.2, 0.25) is 0 Å². The number of fused-ring (bicyclic) bond motifs is 1. The molecule has 1 aliphatic heterocycles. The molecule has 2 N–H and O–H groups in total. The summed E-state index contributed by atoms with van der Waals surface area (Å²) in [5.74, 6) is -0.913. The summed E-state index contributed by atoms with van der Waals surface area (Å²) >= 11 is 7.18. The second kappa shape index (κ2) is 13.6. The fourth-order valence-electron chi connectivity index (χ4n) is 4.52. The first-order valence-electron chi connectivity index (χ1n) is 12.2. The Labute approximate surface area is 244 Å². The number of aromatic nitrogens is 1. The van der Waals surface area contributed by atoms with Crippen molar-refractivity contribution in [1.82, 2.24) is 9.88 Å². The highest BCUT2D eigenvalue weighted by atomic mass is 35.5. The number of halogens is 5. The number of rotatable bonds is 9. The van der Waals surface area contributed by atoms with Gasteiger partial charge in [0.1, 0.15) is 5.75 Å². The van der Waals surface area contributed by atoms with E-state index in [-0.39, 0.29) is 81.7 Å². The molecule has 0 radical (unpaired) electrons. The molecular weight excluding hydrogens is 594 g/mol. The van der Waals surface area contributed by atoms with Crippen molar-refractivity contribution in [3.63, 3.8) is 0 Å². The number of benzene rings is 2. The number of thiazole rings is 1. The normalized spacial score (nSPS) is 18.1. The monoisotopic (exact) mass is 623 g/mol. The Hall–Kier alpha value is -2.19. The summed E-state index contributed by atoms with van der Waals surface area (Å²) in [6, 6.07) is 4.92. The minimum atomic E-state index is -4.57. The van der Waals surface area contributed by atoms with Crippen LogP contribution in [-0.4, -0.2) is 66.5 Å². The van der Waals surface area contributed by atoms with Crippen molar-refractivity contribution < 1.29 is 37.3 Å². The largest absolute Gasteiger partial charge is 0.507 e. The average Bonchev–Trinajstić information content (AvgIpc) is 3.25. The summed E-state index contributed by atoms with van der Waals surface area (Å²) in [5, 5.41) is 13.9. The number of aromatic hydroxyl groups is 1. The fraction of sp³-hybridized carbons (Fsp3) is 0.462. The Morgan fingerprint density at radius 1 is 1.20 bits per heavy atom. The van der Waals surface area contributed by atoms with Crippen LogP contribution < -0.4 is 5.32 Å². The molecule has 1 aromatic heterocycles. The first-order chi connectivity index (χ1) is 18.4. The molecule has 1 aliphatic rings. The zero-order valence-electron chi connectivity index (χ0n) is 22.0. The van der Waals surface area contributed by atoms with Crippen molar-refractivity contribution in [3.8, 4) is 5.75 Å². The van der Waals surface area contributed by atoms with Gasteiger partial charge in [-0.2, -0.15) is 13.2 Å². The molecule has 8 nitrogen and oxygen atoms in total. The number of phenols is 1. The van der Waals surface area contributed by atoms with E-state index >= 15 is 0 Å². The topological polar surface area (TPSA) is 93.2 Å². The third-order valence-corrected chi connectivity index (χ3v) is 7.23. The highest BCUT2D eigenvalue weighted by Crippen LogP contribution is 2.37. The van der Waals surface area contributed by atoms with E-state index in [1.165, 1.54) is 13.2 Å². The molecular formula is C26H30Cl2F3N3O5S. The van der Waals surface area contributed by atoms with Crippen LogP contribution in [0.5, 0.6) is 5.75 Å². The highest BCUT2D eigenvalue weighted by molar-refractivity contribution is 7.22. The molecule has 2 aromatic carbocycles. The Balaban J connectivity index is 0.00000441. The highest BCUT2D eigenvalue weighted by Gasteiger charge is 2.32. The lowest BCUT2D eigenvalue weighted by Gasteiger charge is -2.35. The van der Waals surface area contributed by atoms with Crippen molar-refractivity contribution in [2.45, 2.75) is 45.4 Å². The third-order valence-electron chi connectivity index (χ3n) is 6.10. The van der Waals surface area contributed by atoms with Gasteiger partial charge in [0.25, 0.3) is 5.91 Å². The summed E-state index contributed by atoms with van der Waals surface area (Å²) in [5.41, 5.74) is 0.0846. The number of amides is 1. The minimum absolute atomic E-state index is 0. The first kappa shape index (κ1) is 32.3. The van der Waals surface area contributed by atoms with Gasteiger partial charge in [0, 0.05) is 42.9 Å². The predicted molar refractivity (Wildman–Crippen MR) is 150 cm³/mol. The van der Waals surface area contributed by atoms with Crippen LogP contribution in [0.1, 0.15) is 40.9 Å². The van der Waals surface area contributed by atoms with E-state index in [0.29, 0.717) is 25.2 Å². The summed E-state index contributed by atoms with van der Waals surface area (Å²) in [4.78, 5) is 19.6. The van der Waals surface area contributed by atoms with Gasteiger partial charge in [-0.3, -0.25) is 15.0 Å². The maximum atomic E-state index is 13.5. The van der Waals surface area contributed by atoms with Crippen molar-refractivity contribution in [3.05, 3.63) is 51.5 Å². The number of carbonyl (C=O) groups is 1. The average molecular weight is 625 g/mol. The van der Waals surface area contributed by atoms with Gasteiger partial charge in [-0.1, -0.05) is 22.9 Å². The van der Waals surface area contributed by atoms with Crippen LogP contribution in [0.2, 0.25) is 5.02 Å². The quantitative estimate of drug-likeness (QED) is 0.277. The van der Waals surface area contributed by atoms with Crippen LogP contribution >= 0.6 is 35.3 Å². The van der Waals surface area contributed by atoms with E-state index in [4.69, 9.17) is 25.8 Å². The number of phenolic OH excluding ortho intramolecular Hbond substituents is 1. The molecule has 0 spiro atoms. The zero-order valence-corrected chi connectivity index (χ0v) is 24.4. The molecule has 14 heteroatoms. The smallest absolute Gasteiger partial charge is 0.416 e. The van der Waals surface area contributed by atoms with Crippen molar-refractivity contribution in [1.29, 1.82) is 0 Å². The fourth-order valence-corrected chi connectivity index (χ4v) is 5.71. The van der Waals surface area contributed by atoms with Crippen LogP contribution in [0, 0.1) is 0 Å². The molecule has 2 atom stereocenters. The summed E-state index contributed by atoms with van der Waals surface area (Å²) < 4.78 is 56.9. The molecule has 1 saturated heterocycles. The molecule has 220 valence electrons. The Morgan fingerprint density at radius 2 is 1.90 bits per heavy atom. The number of nitrogens with zero attached hydrogens (tertiary/aromatic N) is 2. The van der Waals surface area contributed by atoms with E-state index in [9.17, 15) is 23.1 Å². The van der Waals surface area contributed by atoms with Crippen LogP contribution in [0.4, 0.5) is 18.3 Å². The van der Waals surface area contributed by atoms with Gasteiger partial charge in [0.05, 0.1) is 53.4 Å². The lowest BCUT2D eigenvalue weighted by molar-refractivity contribution is -0.137. The molecule has 40 heavy (non-hydrogen) atoms. The summed E-state index contributed by atoms with van der Waals surface area (Å²) in [7, 11) is 1.49. The van der Waals surface area contributed by atoms with Gasteiger partial charge < -0.3 is 19.3 Å². The van der Waals surface area contributed by atoms with E-state index in [0.717, 1.165) is 23.5 Å². The molecule has 0 bridgehead atoms. The molecule has 0 unspecified atom stereocenters. The van der Waals surface area contributed by atoms with Crippen LogP contribution in [-0.2, 0) is 33.5 Å². The van der Waals surface area contributed by atoms with Crippen molar-refractivity contribution in [2.24, 2.45) is 0 Å². The SMILES string of the molecule is COCCOCc1cc(C(F)(F)F)cc2sc(NC(=O)c3cc(Cl)cc(CN4C[C@@H](C)O[C@@H](C)C4)c3O)nc12.Cl. The maximum absolute atomic E-state index is 13.5. The number of alkyl halides is 3. The Kier molecular flexibility index (Phi) is 11.0. The molecule has 4 rings (SSSR count). The van der Waals surface area contributed by atoms with Crippen LogP contribution in [0.15, 0.2) is 24.3 Å². The molecule has 0 aliphatic carbocycles. The number of ether oxygens (including phenoxy) is 3. The molecule has 3 aromatic rings. The van der Waals surface area contributed by atoms with Gasteiger partial charge in [-0.15, -0.1) is 12.4 Å². The molecule has 1 fully saturated rings. The number of nitrogens with one attached hydrogen (secondary N) is 1. The van der Waals surface area contributed by atoms with E-state index < -0.39 is 17.6 Å². The Bertz CT molecular complexity index is 1330. The van der Waals surface area contributed by atoms with Gasteiger partial charge >= 0.3 is 6.18 Å². The lowest BCUT2D eigenvalue weighted by Crippen LogP contribution is -2.44. The van der Waals surface area contributed by atoms with Gasteiger partial charge in [-0.25, -0.2) is 4.98 Å². The number of hydrogen-bond acceptors (Lipinski definition) is 8. The number of anilines is 1. The zero-order chi connectivity index (χ0) is 28.3. The van der Waals surface area contributed by atoms with Crippen LogP contribution in [0.25, 0.3) is 10.2 Å². The van der Waals surface area contributed by atoms with Gasteiger partial charge in [-0.05, 0) is 38.1 Å². The molecule has 0 saturated carbocycles. The Morgan fingerprint density at radius 3 is 2.55 bits per heavy atom. The molecule has 1 amide bonds. The number of carbonyl (C=O) groups excluding carboxylic acids is 1. The van der Waals surface area contributed by atoms with Crippen molar-refractivity contribution >= 4 is 56.6 Å². The lowest BCUT2D eigenvalue weighted by atomic mass is 10.1. The van der Waals surface area contributed by atoms with E-state index in [2.05, 4.69) is 15.2 Å². The van der Waals surface area contributed by atoms with Gasteiger partial charge in [0.15, 0.2) is 5.13 Å². The first-order valence-corrected chi connectivity index (χ1v) is 13.4. The van der Waals surface area contributed by atoms with Crippen LogP contribution in [0.3, 0.4) is 0 Å². The predicted octanol–water partition coefficient (Wildman–Crippen LogP) is 6.12. The summed E-state index contributed by atoms with van der Waals surface area (Å²) in [6.45, 7) is 5.96. The van der Waals surface area contributed by atoms with E-state index in [1.807, 2.05) is 13.8 Å². The second-order valence-corrected chi connectivity index (χ2v) is 10.9. The van der Waals surface area contributed by atoms with Crippen molar-refractivity contribution in [2.75, 3.05) is 38.7 Å². The standard InChI is InChI=1S/C26H29ClF3N3O5S.ClH/c1-14-10-33(11-15(2)38-14)12-16-7-19(27)9-20(23(16)34)24(35)32-25-31-22-17(13-37-5-4-36-3)6-18(26(28,29)30)8-21(22)39-25;/h6-9,14-15,34H,4-5,10-13H2,1-3H3,(H,31,32,35);1H/t14-,15+;. The minimum Gasteiger partial charge on any atom is -0.507 e. The summed E-state index contributed by atoms with van der Waals surface area (Å²) in [6.07, 6.45) is -4.53. The maximum Gasteiger partial charge on any atom is 0.416 e. The third kappa shape index (κ3) is 7.96. The van der Waals surface area contributed by atoms with E-state index in [1.54, 1.807) is 6.07 Å². The number of morpholine rings is 1. The number of methoxy groups -OCH3 is 1. The number of hydrogen-bond donors (Lipinski definition) is 2.